The van der Waals surface area contributed by atoms with Crippen LogP contribution in [0.1, 0.15) is 70.4 Å². The summed E-state index contributed by atoms with van der Waals surface area (Å²) >= 11 is 8.22. The van der Waals surface area contributed by atoms with E-state index in [1.807, 2.05) is 29.7 Å². The first-order valence-electron chi connectivity index (χ1n) is 15.4. The van der Waals surface area contributed by atoms with Gasteiger partial charge in [-0.25, -0.2) is 14.8 Å². The third-order valence-electron chi connectivity index (χ3n) is 8.95. The lowest BCUT2D eigenvalue weighted by atomic mass is 10.1. The normalized spacial score (nSPS) is 26.2. The standard InChI is InChI=1S/C33H37ClN4O6S/c1-18(2)23-17-45-31(36-23)22-14-26(21-11-12-25(43-3)28(34)29(21)35-22)44-20-13-24-30(40)37-33(32(41)42)15-19(33)9-7-5-4-6-8-10-27(39)38(24)16-20/h7,9,11-12,14,17-20,24H,4-6,8,10,13,15-16H2,1-3H3,(H,37,40)(H,41,42)/b9-7-/t19-,20-,24+,33-/m1/s1. The predicted molar refractivity (Wildman–Crippen MR) is 172 cm³/mol. The van der Waals surface area contributed by atoms with Crippen molar-refractivity contribution in [2.75, 3.05) is 13.7 Å². The molecular formula is C33H37ClN4O6S. The summed E-state index contributed by atoms with van der Waals surface area (Å²) in [5.74, 6) is -0.720. The fourth-order valence-electron chi connectivity index (χ4n) is 6.21. The maximum absolute atomic E-state index is 13.7. The van der Waals surface area contributed by atoms with Gasteiger partial charge in [-0.3, -0.25) is 9.59 Å². The fraction of sp³-hybridized carbons (Fsp3) is 0.485. The summed E-state index contributed by atoms with van der Waals surface area (Å²) < 4.78 is 12.1. The number of thiazole rings is 1. The Morgan fingerprint density at radius 3 is 2.76 bits per heavy atom. The summed E-state index contributed by atoms with van der Waals surface area (Å²) in [5.41, 5.74) is 0.691. The molecule has 0 bridgehead atoms. The molecule has 0 radical (unpaired) electrons. The monoisotopic (exact) mass is 652 g/mol. The molecule has 2 aliphatic heterocycles. The van der Waals surface area contributed by atoms with E-state index in [0.717, 1.165) is 31.4 Å². The average molecular weight is 653 g/mol. The van der Waals surface area contributed by atoms with E-state index in [-0.39, 0.29) is 30.7 Å². The lowest BCUT2D eigenvalue weighted by Gasteiger charge is -2.25. The Morgan fingerprint density at radius 2 is 2.02 bits per heavy atom. The molecule has 4 heterocycles. The Kier molecular flexibility index (Phi) is 8.76. The number of fused-ring (bicyclic) bond motifs is 3. The van der Waals surface area contributed by atoms with Crippen LogP contribution in [0, 0.1) is 5.92 Å². The first-order valence-corrected chi connectivity index (χ1v) is 16.7. The minimum atomic E-state index is -1.35. The second-order valence-electron chi connectivity index (χ2n) is 12.4. The highest BCUT2D eigenvalue weighted by Gasteiger charge is 2.61. The quantitative estimate of drug-likeness (QED) is 0.312. The van der Waals surface area contributed by atoms with Gasteiger partial charge in [-0.15, -0.1) is 11.3 Å². The number of carboxylic acid groups (broad SMARTS) is 1. The molecule has 4 atom stereocenters. The van der Waals surface area contributed by atoms with Crippen molar-refractivity contribution in [1.82, 2.24) is 20.2 Å². The molecule has 1 aromatic carbocycles. The largest absolute Gasteiger partial charge is 0.495 e. The first kappa shape index (κ1) is 31.3. The highest BCUT2D eigenvalue weighted by molar-refractivity contribution is 7.13. The Balaban J connectivity index is 1.33. The van der Waals surface area contributed by atoms with Crippen LogP contribution < -0.4 is 14.8 Å². The molecule has 0 spiro atoms. The molecule has 3 aromatic rings. The second-order valence-corrected chi connectivity index (χ2v) is 13.6. The number of allylic oxidation sites excluding steroid dienone is 1. The molecule has 3 aliphatic rings. The van der Waals surface area contributed by atoms with Crippen molar-refractivity contribution >= 4 is 51.6 Å². The van der Waals surface area contributed by atoms with E-state index in [4.69, 9.17) is 31.0 Å². The van der Waals surface area contributed by atoms with Gasteiger partial charge >= 0.3 is 5.97 Å². The maximum atomic E-state index is 13.7. The number of halogens is 1. The van der Waals surface area contributed by atoms with Crippen molar-refractivity contribution < 1.29 is 29.0 Å². The summed E-state index contributed by atoms with van der Waals surface area (Å²) in [6.45, 7) is 4.35. The number of carbonyl (C=O) groups is 3. The molecular weight excluding hydrogens is 616 g/mol. The van der Waals surface area contributed by atoms with Crippen LogP contribution >= 0.6 is 22.9 Å². The van der Waals surface area contributed by atoms with Crippen LogP contribution in [-0.2, 0) is 14.4 Å². The minimum Gasteiger partial charge on any atom is -0.495 e. The van der Waals surface area contributed by atoms with Crippen LogP contribution in [-0.4, -0.2) is 69.1 Å². The van der Waals surface area contributed by atoms with Crippen LogP contribution in [0.2, 0.25) is 5.02 Å². The molecule has 0 unspecified atom stereocenters. The lowest BCUT2D eigenvalue weighted by molar-refractivity contribution is -0.145. The van der Waals surface area contributed by atoms with Gasteiger partial charge in [-0.1, -0.05) is 44.0 Å². The number of hydrogen-bond acceptors (Lipinski definition) is 8. The van der Waals surface area contributed by atoms with Crippen LogP contribution in [0.4, 0.5) is 0 Å². The number of rotatable bonds is 6. The highest BCUT2D eigenvalue weighted by Crippen LogP contribution is 2.46. The molecule has 2 amide bonds. The fourth-order valence-corrected chi connectivity index (χ4v) is 7.44. The van der Waals surface area contributed by atoms with Crippen molar-refractivity contribution in [2.24, 2.45) is 5.92 Å². The number of aromatic nitrogens is 2. The van der Waals surface area contributed by atoms with Gasteiger partial charge in [0.25, 0.3) is 0 Å². The Bertz CT molecular complexity index is 1670. The number of methoxy groups -OCH3 is 1. The zero-order valence-corrected chi connectivity index (χ0v) is 27.1. The van der Waals surface area contributed by atoms with Gasteiger partial charge in [0.15, 0.2) is 0 Å². The molecule has 2 aromatic heterocycles. The summed E-state index contributed by atoms with van der Waals surface area (Å²) in [4.78, 5) is 50.6. The number of carbonyl (C=O) groups excluding carboxylic acids is 2. The number of hydrogen-bond donors (Lipinski definition) is 2. The number of pyridine rings is 1. The van der Waals surface area contributed by atoms with Gasteiger partial charge in [0.1, 0.15) is 44.9 Å². The average Bonchev–Trinajstić information content (AvgIpc) is 3.33. The molecule has 2 fully saturated rings. The third-order valence-corrected chi connectivity index (χ3v) is 10.2. The van der Waals surface area contributed by atoms with Gasteiger partial charge in [-0.2, -0.15) is 0 Å². The minimum absolute atomic E-state index is 0.136. The summed E-state index contributed by atoms with van der Waals surface area (Å²) in [5, 5.41) is 16.6. The van der Waals surface area contributed by atoms with E-state index < -0.39 is 29.6 Å². The number of aliphatic carboxylic acids is 1. The molecule has 1 aliphatic carbocycles. The van der Waals surface area contributed by atoms with Crippen LogP contribution in [0.15, 0.2) is 35.7 Å². The van der Waals surface area contributed by atoms with Gasteiger partial charge in [0, 0.05) is 35.6 Å². The summed E-state index contributed by atoms with van der Waals surface area (Å²) in [6, 6.07) is 4.55. The van der Waals surface area contributed by atoms with E-state index in [0.29, 0.717) is 51.0 Å². The molecule has 45 heavy (non-hydrogen) atoms. The number of nitrogens with zero attached hydrogens (tertiary/aromatic N) is 3. The molecule has 1 saturated carbocycles. The second kappa shape index (κ2) is 12.6. The lowest BCUT2D eigenvalue weighted by Crippen LogP contribution is -2.53. The van der Waals surface area contributed by atoms with E-state index in [2.05, 4.69) is 19.2 Å². The van der Waals surface area contributed by atoms with Crippen molar-refractivity contribution in [2.45, 2.75) is 82.4 Å². The number of ether oxygens (including phenoxy) is 2. The predicted octanol–water partition coefficient (Wildman–Crippen LogP) is 5.97. The molecule has 10 nitrogen and oxygen atoms in total. The summed E-state index contributed by atoms with van der Waals surface area (Å²) in [6.07, 6.45) is 7.55. The molecule has 2 N–H and O–H groups in total. The van der Waals surface area contributed by atoms with Crippen molar-refractivity contribution in [3.05, 3.63) is 46.4 Å². The number of carboxylic acids is 1. The van der Waals surface area contributed by atoms with Crippen LogP contribution in [0.5, 0.6) is 11.5 Å². The van der Waals surface area contributed by atoms with Crippen molar-refractivity contribution in [3.8, 4) is 22.2 Å². The zero-order chi connectivity index (χ0) is 31.9. The molecule has 238 valence electrons. The van der Waals surface area contributed by atoms with Gasteiger partial charge in [0.05, 0.1) is 24.9 Å². The third kappa shape index (κ3) is 6.12. The van der Waals surface area contributed by atoms with E-state index in [9.17, 15) is 19.5 Å². The van der Waals surface area contributed by atoms with E-state index >= 15 is 0 Å². The topological polar surface area (TPSA) is 131 Å². The zero-order valence-electron chi connectivity index (χ0n) is 25.5. The van der Waals surface area contributed by atoms with Crippen molar-refractivity contribution in [3.63, 3.8) is 0 Å². The van der Waals surface area contributed by atoms with Gasteiger partial charge in [0.2, 0.25) is 11.8 Å². The molecule has 1 saturated heterocycles. The summed E-state index contributed by atoms with van der Waals surface area (Å²) in [7, 11) is 1.54. The van der Waals surface area contributed by atoms with Crippen LogP contribution in [0.25, 0.3) is 21.6 Å². The van der Waals surface area contributed by atoms with Crippen LogP contribution in [0.3, 0.4) is 0 Å². The Hall–Kier alpha value is -3.70. The molecule has 6 rings (SSSR count). The van der Waals surface area contributed by atoms with Crippen molar-refractivity contribution in [1.29, 1.82) is 0 Å². The smallest absolute Gasteiger partial charge is 0.330 e. The SMILES string of the molecule is COc1ccc2c(O[C@@H]3C[C@H]4C(=O)N[C@]5(C(=O)O)C[C@H]5/C=C\CCCCCC(=O)N4C3)cc(-c3nc(C(C)C)cs3)nc2c1Cl. The maximum Gasteiger partial charge on any atom is 0.330 e. The first-order chi connectivity index (χ1) is 21.6. The molecule has 12 heteroatoms. The van der Waals surface area contributed by atoms with Gasteiger partial charge < -0.3 is 24.8 Å². The highest BCUT2D eigenvalue weighted by atomic mass is 35.5. The Labute approximate surface area is 270 Å². The number of nitrogens with one attached hydrogen (secondary N) is 1. The Morgan fingerprint density at radius 1 is 1.20 bits per heavy atom. The number of benzene rings is 1. The number of amides is 2. The van der Waals surface area contributed by atoms with E-state index in [1.165, 1.54) is 11.3 Å². The van der Waals surface area contributed by atoms with Gasteiger partial charge in [-0.05, 0) is 43.7 Å². The van der Waals surface area contributed by atoms with E-state index in [1.54, 1.807) is 18.1 Å².